The van der Waals surface area contributed by atoms with Gasteiger partial charge in [0.1, 0.15) is 13.8 Å². The molecule has 0 unspecified atom stereocenters. The van der Waals surface area contributed by atoms with E-state index in [0.717, 1.165) is 80.3 Å². The molecule has 0 saturated carbocycles. The number of halogens is 10. The molecule has 0 amide bonds. The quantitative estimate of drug-likeness (QED) is 0.0482. The summed E-state index contributed by atoms with van der Waals surface area (Å²) in [4.78, 5) is 15.7. The highest BCUT2D eigenvalue weighted by atomic mass is 35.5. The first-order valence-corrected chi connectivity index (χ1v) is 34.7. The predicted molar refractivity (Wildman–Crippen MR) is 348 cm³/mol. The molecule has 86 heavy (non-hydrogen) atoms. The molecule has 0 aliphatic heterocycles. The van der Waals surface area contributed by atoms with Crippen molar-refractivity contribution in [1.29, 1.82) is 0 Å². The third-order valence-corrected chi connectivity index (χ3v) is 16.5. The fourth-order valence-corrected chi connectivity index (χ4v) is 11.6. The summed E-state index contributed by atoms with van der Waals surface area (Å²) in [5.74, 6) is 15.8. The van der Waals surface area contributed by atoms with Crippen molar-refractivity contribution in [2.45, 2.75) is 120 Å². The Morgan fingerprint density at radius 1 is 0.523 bits per heavy atom. The SMILES string of the molecule is C#Cc1ccc(C)cc1SCC.CCSc1cc(C)ccc1C#C[Si](C)(C)C.CCSc1cc(C)ccc1C#Cc1ncc(C(F)(F)F)cc1N.CCSc1cc(C)ccc1C1=Cc2ncc(C(F)(F)F)cc2C1.Nc1cc(C(F)(F)F)cnc1Cl. The van der Waals surface area contributed by atoms with Crippen LogP contribution in [0.5, 0.6) is 0 Å². The van der Waals surface area contributed by atoms with Crippen LogP contribution in [0.2, 0.25) is 24.8 Å². The molecule has 4 aromatic carbocycles. The summed E-state index contributed by atoms with van der Waals surface area (Å²) in [5.41, 5.74) is 22.9. The summed E-state index contributed by atoms with van der Waals surface area (Å²) in [6.45, 7) is 23.5. The molecule has 1 aliphatic carbocycles. The van der Waals surface area contributed by atoms with Crippen LogP contribution >= 0.6 is 58.6 Å². The lowest BCUT2D eigenvalue weighted by Crippen LogP contribution is -2.16. The second-order valence-electron chi connectivity index (χ2n) is 20.0. The predicted octanol–water partition coefficient (Wildman–Crippen LogP) is 19.9. The summed E-state index contributed by atoms with van der Waals surface area (Å²) in [6, 6.07) is 27.6. The molecule has 4 N–H and O–H groups in total. The fourth-order valence-electron chi connectivity index (χ4n) is 7.49. The Labute approximate surface area is 523 Å². The normalized spacial score (nSPS) is 11.6. The molecule has 3 heterocycles. The number of nitrogens with zero attached hydrogens (tertiary/aromatic N) is 3. The molecule has 0 fully saturated rings. The van der Waals surface area contributed by atoms with E-state index in [4.69, 9.17) is 29.5 Å². The number of nitrogen functional groups attached to an aromatic ring is 2. The molecule has 1 aliphatic rings. The van der Waals surface area contributed by atoms with Crippen LogP contribution in [0.25, 0.3) is 11.6 Å². The van der Waals surface area contributed by atoms with Gasteiger partial charge in [0.15, 0.2) is 5.15 Å². The number of anilines is 2. The number of hydrogen-bond donors (Lipinski definition) is 2. The van der Waals surface area contributed by atoms with E-state index >= 15 is 0 Å². The topological polar surface area (TPSA) is 90.7 Å². The van der Waals surface area contributed by atoms with Gasteiger partial charge in [-0.2, -0.15) is 39.5 Å². The van der Waals surface area contributed by atoms with Crippen molar-refractivity contribution in [1.82, 2.24) is 15.0 Å². The van der Waals surface area contributed by atoms with Gasteiger partial charge in [-0.3, -0.25) is 4.98 Å². The third kappa shape index (κ3) is 23.4. The van der Waals surface area contributed by atoms with E-state index in [2.05, 4.69) is 141 Å². The zero-order chi connectivity index (χ0) is 64.2. The summed E-state index contributed by atoms with van der Waals surface area (Å²) in [5, 5.41) is -0.122. The van der Waals surface area contributed by atoms with Crippen LogP contribution in [-0.2, 0) is 24.9 Å². The van der Waals surface area contributed by atoms with E-state index < -0.39 is 43.3 Å². The van der Waals surface area contributed by atoms with Crippen molar-refractivity contribution in [3.05, 3.63) is 193 Å². The number of alkyl halides is 9. The largest absolute Gasteiger partial charge is 0.417 e. The Morgan fingerprint density at radius 3 is 1.38 bits per heavy atom. The molecular formula is C66H67ClF9N5S4Si. The van der Waals surface area contributed by atoms with E-state index in [9.17, 15) is 39.5 Å². The summed E-state index contributed by atoms with van der Waals surface area (Å²) >= 11 is 12.4. The van der Waals surface area contributed by atoms with Crippen molar-refractivity contribution < 1.29 is 39.5 Å². The standard InChI is InChI=1S/C18H16F3NS.C17H15F3N2S.C14H20SSi.C11H12S.C6H4ClF3N2/c1-3-23-17-6-11(2)4-5-15(17)12-7-13-8-14(18(19,20)21)10-22-16(13)9-12;1-3-23-16-8-11(2)4-5-12(16)6-7-15-14(21)9-13(10-22-15)17(18,19)20;1-6-15-14-11-12(2)7-8-13(14)9-10-16(3,4)5;1-4-10-7-6-9(3)8-11(10)12-5-2;7-5-4(11)1-3(2-12-5)6(8,9)10/h4-6,8-10H,3,7H2,1-2H3;4-5,8-10H,3,21H2,1-2H3;7-8,11H,6H2,1-5H3;1,6-8H,5H2,2-3H3;1-2H,11H2. The molecule has 454 valence electrons. The smallest absolute Gasteiger partial charge is 0.396 e. The average Bonchev–Trinajstić information content (AvgIpc) is 1.94. The highest BCUT2D eigenvalue weighted by molar-refractivity contribution is 8.00. The van der Waals surface area contributed by atoms with Crippen LogP contribution in [0, 0.1) is 63.3 Å². The molecule has 3 aromatic heterocycles. The molecule has 0 bridgehead atoms. The Hall–Kier alpha value is -6.37. The number of aromatic nitrogens is 3. The van der Waals surface area contributed by atoms with Crippen LogP contribution in [0.3, 0.4) is 0 Å². The Kier molecular flexibility index (Phi) is 27.8. The summed E-state index contributed by atoms with van der Waals surface area (Å²) < 4.78 is 112. The van der Waals surface area contributed by atoms with Crippen molar-refractivity contribution in [3.63, 3.8) is 0 Å². The zero-order valence-electron chi connectivity index (χ0n) is 49.5. The monoisotopic (exact) mass is 1290 g/mol. The maximum atomic E-state index is 12.8. The van der Waals surface area contributed by atoms with Gasteiger partial charge in [0.25, 0.3) is 0 Å². The minimum Gasteiger partial charge on any atom is -0.396 e. The van der Waals surface area contributed by atoms with E-state index in [1.165, 1.54) is 43.0 Å². The van der Waals surface area contributed by atoms with Crippen molar-refractivity contribution in [3.8, 4) is 35.6 Å². The van der Waals surface area contributed by atoms with Gasteiger partial charge in [0.05, 0.1) is 33.8 Å². The minimum atomic E-state index is -4.46. The lowest BCUT2D eigenvalue weighted by molar-refractivity contribution is -0.138. The number of terminal acetylenes is 1. The average molecular weight is 1290 g/mol. The maximum Gasteiger partial charge on any atom is 0.417 e. The van der Waals surface area contributed by atoms with Gasteiger partial charge in [-0.15, -0.1) is 59.0 Å². The Balaban J connectivity index is 0.000000237. The molecule has 7 aromatic rings. The van der Waals surface area contributed by atoms with Gasteiger partial charge >= 0.3 is 18.5 Å². The number of pyridine rings is 3. The van der Waals surface area contributed by atoms with Gasteiger partial charge in [-0.05, 0) is 162 Å². The number of thioether (sulfide) groups is 4. The molecule has 0 saturated heterocycles. The molecule has 5 nitrogen and oxygen atoms in total. The molecule has 20 heteroatoms. The van der Waals surface area contributed by atoms with E-state index in [-0.39, 0.29) is 22.2 Å². The molecule has 0 radical (unpaired) electrons. The van der Waals surface area contributed by atoms with E-state index in [0.29, 0.717) is 23.9 Å². The van der Waals surface area contributed by atoms with Crippen LogP contribution in [0.1, 0.15) is 106 Å². The number of aryl methyl sites for hydroxylation is 4. The van der Waals surface area contributed by atoms with Crippen molar-refractivity contribution in [2.75, 3.05) is 34.5 Å². The molecular weight excluding hydrogens is 1230 g/mol. The van der Waals surface area contributed by atoms with Gasteiger partial charge in [-0.25, -0.2) is 9.97 Å². The van der Waals surface area contributed by atoms with Crippen LogP contribution in [0.4, 0.5) is 50.9 Å². The second kappa shape index (κ2) is 33.1. The highest BCUT2D eigenvalue weighted by Gasteiger charge is 2.34. The summed E-state index contributed by atoms with van der Waals surface area (Å²) in [6.07, 6.45) is -3.18. The molecule has 0 spiro atoms. The number of allylic oxidation sites excluding steroid dienone is 1. The van der Waals surface area contributed by atoms with Gasteiger partial charge in [0, 0.05) is 61.3 Å². The van der Waals surface area contributed by atoms with Crippen LogP contribution in [0.15, 0.2) is 129 Å². The number of rotatable bonds is 9. The van der Waals surface area contributed by atoms with Gasteiger partial charge in [0.2, 0.25) is 0 Å². The first-order valence-electron chi connectivity index (χ1n) is 26.8. The number of nitrogens with two attached hydrogens (primary N) is 2. The first-order chi connectivity index (χ1) is 40.3. The zero-order valence-corrected chi connectivity index (χ0v) is 54.5. The number of hydrogen-bond acceptors (Lipinski definition) is 9. The van der Waals surface area contributed by atoms with Crippen molar-refractivity contribution >= 4 is 89.7 Å². The summed E-state index contributed by atoms with van der Waals surface area (Å²) in [7, 11) is -1.27. The molecule has 8 rings (SSSR count). The van der Waals surface area contributed by atoms with Gasteiger partial charge < -0.3 is 11.5 Å². The Bertz CT molecular complexity index is 3640. The number of benzene rings is 4. The Morgan fingerprint density at radius 2 is 0.930 bits per heavy atom. The third-order valence-electron chi connectivity index (χ3n) is 11.6. The maximum absolute atomic E-state index is 12.8. The van der Waals surface area contributed by atoms with Crippen LogP contribution in [-0.4, -0.2) is 46.0 Å². The second-order valence-corrected chi connectivity index (χ2v) is 30.3. The lowest BCUT2D eigenvalue weighted by Gasteiger charge is -2.11. The molecule has 0 atom stereocenters. The van der Waals surface area contributed by atoms with E-state index in [1.807, 2.05) is 68.9 Å². The van der Waals surface area contributed by atoms with Crippen molar-refractivity contribution in [2.24, 2.45) is 0 Å². The van der Waals surface area contributed by atoms with E-state index in [1.54, 1.807) is 35.3 Å². The van der Waals surface area contributed by atoms with Gasteiger partial charge in [-0.1, -0.05) is 107 Å². The first kappa shape index (κ1) is 72.1. The number of fused-ring (bicyclic) bond motifs is 1. The minimum absolute atomic E-state index is 0.0795. The lowest BCUT2D eigenvalue weighted by atomic mass is 10.0. The highest BCUT2D eigenvalue weighted by Crippen LogP contribution is 2.39. The fraction of sp³-hybridized carbons (Fsp3) is 0.288. The van der Waals surface area contributed by atoms with Crippen LogP contribution < -0.4 is 11.5 Å².